The summed E-state index contributed by atoms with van der Waals surface area (Å²) in [6, 6.07) is 17.4. The zero-order chi connectivity index (χ0) is 19.9. The molecule has 146 valence electrons. The maximum atomic E-state index is 12.6. The van der Waals surface area contributed by atoms with Gasteiger partial charge in [-0.2, -0.15) is 0 Å². The van der Waals surface area contributed by atoms with Crippen molar-refractivity contribution in [3.05, 3.63) is 78.4 Å². The Morgan fingerprint density at radius 2 is 1.75 bits per heavy atom. The number of piperidine rings is 1. The third kappa shape index (κ3) is 4.67. The Kier molecular flexibility index (Phi) is 6.61. The number of anilines is 1. The number of hydrogen-bond donors (Lipinski definition) is 1. The van der Waals surface area contributed by atoms with Gasteiger partial charge >= 0.3 is 0 Å². The van der Waals surface area contributed by atoms with Gasteiger partial charge in [0.05, 0.1) is 0 Å². The van der Waals surface area contributed by atoms with Gasteiger partial charge in [0.25, 0.3) is 5.91 Å². The van der Waals surface area contributed by atoms with Crippen molar-refractivity contribution < 1.29 is 14.3 Å². The average molecular weight is 378 g/mol. The molecule has 3 rings (SSSR count). The van der Waals surface area contributed by atoms with Crippen LogP contribution < -0.4 is 5.32 Å². The number of nitrogens with one attached hydrogen (secondary N) is 1. The summed E-state index contributed by atoms with van der Waals surface area (Å²) in [5.41, 5.74) is 2.79. The quantitative estimate of drug-likeness (QED) is 0.776. The molecule has 1 atom stereocenters. The lowest BCUT2D eigenvalue weighted by molar-refractivity contribution is -0.127. The minimum absolute atomic E-state index is 0.00243. The molecule has 0 aromatic heterocycles. The molecule has 2 amide bonds. The molecule has 28 heavy (non-hydrogen) atoms. The molecule has 2 aromatic rings. The third-order valence-electron chi connectivity index (χ3n) is 5.21. The number of likely N-dealkylation sites (tertiary alicyclic amines) is 1. The van der Waals surface area contributed by atoms with Crippen molar-refractivity contribution >= 4 is 17.5 Å². The molecule has 0 radical (unpaired) electrons. The lowest BCUT2D eigenvalue weighted by Crippen LogP contribution is -2.36. The Balaban J connectivity index is 1.59. The number of methoxy groups -OCH3 is 1. The summed E-state index contributed by atoms with van der Waals surface area (Å²) in [6.45, 7) is 5.05. The maximum Gasteiger partial charge on any atom is 0.258 e. The smallest absolute Gasteiger partial charge is 0.258 e. The SMILES string of the molecule is C=CC(=O)N1CCC(c2ccc(NC(=O)[C@H](OC)c3ccccc3)cc2)CC1. The zero-order valence-electron chi connectivity index (χ0n) is 16.1. The normalized spacial score (nSPS) is 15.7. The molecular weight excluding hydrogens is 352 g/mol. The predicted molar refractivity (Wildman–Crippen MR) is 110 cm³/mol. The molecule has 0 aliphatic carbocycles. The van der Waals surface area contributed by atoms with E-state index in [9.17, 15) is 9.59 Å². The first-order chi connectivity index (χ1) is 13.6. The van der Waals surface area contributed by atoms with Gasteiger partial charge in [0.15, 0.2) is 6.10 Å². The van der Waals surface area contributed by atoms with Crippen LogP contribution in [0.3, 0.4) is 0 Å². The van der Waals surface area contributed by atoms with Crippen LogP contribution >= 0.6 is 0 Å². The number of ether oxygens (including phenoxy) is 1. The highest BCUT2D eigenvalue weighted by molar-refractivity contribution is 5.94. The highest BCUT2D eigenvalue weighted by atomic mass is 16.5. The molecular formula is C23H26N2O3. The summed E-state index contributed by atoms with van der Waals surface area (Å²) in [4.78, 5) is 26.1. The molecule has 0 saturated carbocycles. The second-order valence-electron chi connectivity index (χ2n) is 6.94. The van der Waals surface area contributed by atoms with Crippen LogP contribution in [0.25, 0.3) is 0 Å². The van der Waals surface area contributed by atoms with Gasteiger partial charge in [-0.3, -0.25) is 9.59 Å². The summed E-state index contributed by atoms with van der Waals surface area (Å²) in [5, 5.41) is 2.92. The maximum absolute atomic E-state index is 12.6. The molecule has 1 saturated heterocycles. The van der Waals surface area contributed by atoms with Gasteiger partial charge in [0.1, 0.15) is 0 Å². The average Bonchev–Trinajstić information content (AvgIpc) is 2.75. The summed E-state index contributed by atoms with van der Waals surface area (Å²) >= 11 is 0. The molecule has 1 fully saturated rings. The molecule has 2 aromatic carbocycles. The molecule has 1 aliphatic rings. The van der Waals surface area contributed by atoms with Crippen LogP contribution in [0, 0.1) is 0 Å². The van der Waals surface area contributed by atoms with Crippen molar-refractivity contribution in [3.63, 3.8) is 0 Å². The number of benzene rings is 2. The molecule has 0 bridgehead atoms. The lowest BCUT2D eigenvalue weighted by atomic mass is 9.89. The van der Waals surface area contributed by atoms with Gasteiger partial charge in [-0.05, 0) is 48.1 Å². The Bertz CT molecular complexity index is 810. The van der Waals surface area contributed by atoms with E-state index >= 15 is 0 Å². The molecule has 1 N–H and O–H groups in total. The van der Waals surface area contributed by atoms with Crippen LogP contribution in [0.2, 0.25) is 0 Å². The molecule has 1 aliphatic heterocycles. The third-order valence-corrected chi connectivity index (χ3v) is 5.21. The van der Waals surface area contributed by atoms with Gasteiger partial charge in [-0.1, -0.05) is 49.0 Å². The molecule has 5 nitrogen and oxygen atoms in total. The van der Waals surface area contributed by atoms with Crippen molar-refractivity contribution in [3.8, 4) is 0 Å². The van der Waals surface area contributed by atoms with Gasteiger partial charge < -0.3 is 15.0 Å². The molecule has 0 spiro atoms. The standard InChI is InChI=1S/C23H26N2O3/c1-3-21(26)25-15-13-18(14-16-25)17-9-11-20(12-10-17)24-23(27)22(28-2)19-7-5-4-6-8-19/h3-12,18,22H,1,13-16H2,2H3,(H,24,27)/t22-/m1/s1. The highest BCUT2D eigenvalue weighted by Gasteiger charge is 2.23. The van der Waals surface area contributed by atoms with E-state index in [-0.39, 0.29) is 11.8 Å². The minimum Gasteiger partial charge on any atom is -0.367 e. The highest BCUT2D eigenvalue weighted by Crippen LogP contribution is 2.29. The summed E-state index contributed by atoms with van der Waals surface area (Å²) in [6.07, 6.45) is 2.60. The van der Waals surface area contributed by atoms with Crippen LogP contribution in [0.15, 0.2) is 67.3 Å². The van der Waals surface area contributed by atoms with E-state index in [2.05, 4.69) is 24.0 Å². The number of nitrogens with zero attached hydrogens (tertiary/aromatic N) is 1. The zero-order valence-corrected chi connectivity index (χ0v) is 16.1. The van der Waals surface area contributed by atoms with Gasteiger partial charge in [0, 0.05) is 25.9 Å². The van der Waals surface area contributed by atoms with E-state index in [1.165, 1.54) is 18.7 Å². The fraction of sp³-hybridized carbons (Fsp3) is 0.304. The minimum atomic E-state index is -0.646. The number of carbonyl (C=O) groups excluding carboxylic acids is 2. The monoisotopic (exact) mass is 378 g/mol. The Hall–Kier alpha value is -2.92. The number of amides is 2. The summed E-state index contributed by atoms with van der Waals surface area (Å²) in [7, 11) is 1.53. The topological polar surface area (TPSA) is 58.6 Å². The second-order valence-corrected chi connectivity index (χ2v) is 6.94. The number of carbonyl (C=O) groups is 2. The van der Waals surface area contributed by atoms with Crippen molar-refractivity contribution in [2.24, 2.45) is 0 Å². The van der Waals surface area contributed by atoms with E-state index in [0.717, 1.165) is 37.2 Å². The summed E-state index contributed by atoms with van der Waals surface area (Å²) < 4.78 is 5.38. The van der Waals surface area contributed by atoms with Crippen LogP contribution in [0.1, 0.15) is 36.0 Å². The lowest BCUT2D eigenvalue weighted by Gasteiger charge is -2.31. The van der Waals surface area contributed by atoms with Gasteiger partial charge in [0.2, 0.25) is 5.91 Å². The molecule has 1 heterocycles. The first kappa shape index (κ1) is 19.8. The van der Waals surface area contributed by atoms with Gasteiger partial charge in [-0.15, -0.1) is 0 Å². The van der Waals surface area contributed by atoms with Gasteiger partial charge in [-0.25, -0.2) is 0 Å². The second kappa shape index (κ2) is 9.33. The first-order valence-electron chi connectivity index (χ1n) is 9.52. The van der Waals surface area contributed by atoms with E-state index in [1.54, 1.807) is 0 Å². The van der Waals surface area contributed by atoms with E-state index in [4.69, 9.17) is 4.74 Å². The van der Waals surface area contributed by atoms with Crippen molar-refractivity contribution in [1.29, 1.82) is 0 Å². The van der Waals surface area contributed by atoms with Crippen molar-refractivity contribution in [1.82, 2.24) is 4.90 Å². The van der Waals surface area contributed by atoms with Crippen molar-refractivity contribution in [2.45, 2.75) is 24.9 Å². The molecule has 0 unspecified atom stereocenters. The van der Waals surface area contributed by atoms with Crippen LogP contribution in [-0.4, -0.2) is 36.9 Å². The number of hydrogen-bond acceptors (Lipinski definition) is 3. The van der Waals surface area contributed by atoms with Crippen LogP contribution in [0.4, 0.5) is 5.69 Å². The predicted octanol–water partition coefficient (Wildman–Crippen LogP) is 3.90. The Morgan fingerprint density at radius 1 is 1.11 bits per heavy atom. The van der Waals surface area contributed by atoms with Crippen LogP contribution in [-0.2, 0) is 14.3 Å². The summed E-state index contributed by atoms with van der Waals surface area (Å²) in [5.74, 6) is 0.231. The molecule has 5 heteroatoms. The van der Waals surface area contributed by atoms with E-state index in [1.807, 2.05) is 47.4 Å². The first-order valence-corrected chi connectivity index (χ1v) is 9.52. The fourth-order valence-electron chi connectivity index (χ4n) is 3.63. The van der Waals surface area contributed by atoms with E-state index in [0.29, 0.717) is 5.92 Å². The largest absolute Gasteiger partial charge is 0.367 e. The van der Waals surface area contributed by atoms with Crippen molar-refractivity contribution in [2.75, 3.05) is 25.5 Å². The Morgan fingerprint density at radius 3 is 2.32 bits per heavy atom. The van der Waals surface area contributed by atoms with Crippen LogP contribution in [0.5, 0.6) is 0 Å². The Labute approximate surface area is 166 Å². The van der Waals surface area contributed by atoms with E-state index < -0.39 is 6.10 Å². The number of rotatable bonds is 6. The fourth-order valence-corrected chi connectivity index (χ4v) is 3.63.